The van der Waals surface area contributed by atoms with E-state index < -0.39 is 0 Å². The highest BCUT2D eigenvalue weighted by atomic mass is 79.9. The van der Waals surface area contributed by atoms with Crippen LogP contribution in [0.3, 0.4) is 0 Å². The summed E-state index contributed by atoms with van der Waals surface area (Å²) >= 11 is 0. The number of quaternary nitrogens is 4. The van der Waals surface area contributed by atoms with Gasteiger partial charge in [-0.2, -0.15) is 0 Å². The number of nitrogens with zero attached hydrogens (tertiary/aromatic N) is 4. The molecule has 0 radical (unpaired) electrons. The van der Waals surface area contributed by atoms with Crippen LogP contribution >= 0.6 is 0 Å². The van der Waals surface area contributed by atoms with E-state index in [0.717, 1.165) is 13.4 Å². The first-order valence-electron chi connectivity index (χ1n) is 10.9. The average molecular weight is 640 g/mol. The zero-order valence-electron chi connectivity index (χ0n) is 22.4. The summed E-state index contributed by atoms with van der Waals surface area (Å²) < 4.78 is 4.63. The first-order chi connectivity index (χ1) is 11.7. The van der Waals surface area contributed by atoms with Gasteiger partial charge in [0.15, 0.2) is 0 Å². The molecule has 0 saturated carbocycles. The molecule has 0 bridgehead atoms. The van der Waals surface area contributed by atoms with Crippen LogP contribution in [0.1, 0.15) is 55.4 Å². The standard InChI is InChI=1S/C12H30N2.C10H26N2.2CH4.2BrH.2ClH/c1-7-14(8-2,9-3)12-10-11-13(4,5)6;1-7-12(5,6)10-8-9-11(2,3)4;;;;;;/h7-12H2,1-6H3;7-10H2,1-6H3;2*1H4;4*1H/q2*+2;;;;;;/p-4. The lowest BCUT2D eigenvalue weighted by Gasteiger charge is -2.36. The fourth-order valence-corrected chi connectivity index (χ4v) is 3.16. The Bertz CT molecular complexity index is 347. The Labute approximate surface area is 239 Å². The molecule has 32 heavy (non-hydrogen) atoms. The molecule has 0 aliphatic heterocycles. The lowest BCUT2D eigenvalue weighted by atomic mass is 10.2. The monoisotopic (exact) mass is 636 g/mol. The van der Waals surface area contributed by atoms with Crippen molar-refractivity contribution in [1.82, 2.24) is 0 Å². The summed E-state index contributed by atoms with van der Waals surface area (Å²) in [6.07, 6.45) is 2.67. The van der Waals surface area contributed by atoms with Crippen molar-refractivity contribution < 1.29 is 76.7 Å². The van der Waals surface area contributed by atoms with E-state index in [-0.39, 0.29) is 73.6 Å². The van der Waals surface area contributed by atoms with Gasteiger partial charge in [-0.1, -0.05) is 14.9 Å². The smallest absolute Gasteiger partial charge is 0.0840 e. The highest BCUT2D eigenvalue weighted by Crippen LogP contribution is 2.08. The van der Waals surface area contributed by atoms with Crippen LogP contribution in [0.2, 0.25) is 0 Å². The second-order valence-electron chi connectivity index (χ2n) is 10.7. The molecular weight excluding hydrogens is 575 g/mol. The maximum Gasteiger partial charge on any atom is 0.0840 e. The zero-order chi connectivity index (χ0) is 21.1. The number of hydrogen-bond donors (Lipinski definition) is 0. The van der Waals surface area contributed by atoms with Gasteiger partial charge in [-0.15, -0.1) is 0 Å². The molecule has 208 valence electrons. The van der Waals surface area contributed by atoms with E-state index in [1.54, 1.807) is 0 Å². The fraction of sp³-hybridized carbons (Fsp3) is 1.00. The van der Waals surface area contributed by atoms with Crippen LogP contribution < -0.4 is 58.8 Å². The van der Waals surface area contributed by atoms with Crippen LogP contribution in [0.5, 0.6) is 0 Å². The molecule has 0 heterocycles. The summed E-state index contributed by atoms with van der Waals surface area (Å²) in [5.74, 6) is 0. The van der Waals surface area contributed by atoms with Crippen molar-refractivity contribution in [3.05, 3.63) is 0 Å². The second kappa shape index (κ2) is 25.5. The van der Waals surface area contributed by atoms with Gasteiger partial charge >= 0.3 is 0 Å². The first kappa shape index (κ1) is 54.3. The molecule has 0 fully saturated rings. The summed E-state index contributed by atoms with van der Waals surface area (Å²) in [6, 6.07) is 0. The van der Waals surface area contributed by atoms with Crippen LogP contribution in [0, 0.1) is 0 Å². The molecule has 8 heteroatoms. The largest absolute Gasteiger partial charge is 1.00 e. The lowest BCUT2D eigenvalue weighted by Crippen LogP contribution is -3.00. The van der Waals surface area contributed by atoms with Gasteiger partial charge in [-0.25, -0.2) is 0 Å². The van der Waals surface area contributed by atoms with Crippen LogP contribution in [0.4, 0.5) is 0 Å². The molecule has 0 spiro atoms. The highest BCUT2D eigenvalue weighted by Gasteiger charge is 2.21. The maximum atomic E-state index is 2.32. The summed E-state index contributed by atoms with van der Waals surface area (Å²) in [5, 5.41) is 0. The fourth-order valence-electron chi connectivity index (χ4n) is 3.16. The molecule has 0 saturated heterocycles. The molecule has 0 unspecified atom stereocenters. The third kappa shape index (κ3) is 33.6. The van der Waals surface area contributed by atoms with Crippen molar-refractivity contribution in [3.63, 3.8) is 0 Å². The summed E-state index contributed by atoms with van der Waals surface area (Å²) in [4.78, 5) is 0. The maximum absolute atomic E-state index is 2.32. The van der Waals surface area contributed by atoms with Gasteiger partial charge in [0.05, 0.1) is 109 Å². The highest BCUT2D eigenvalue weighted by molar-refractivity contribution is 4.40. The molecule has 0 aromatic carbocycles. The van der Waals surface area contributed by atoms with E-state index in [0.29, 0.717) is 0 Å². The van der Waals surface area contributed by atoms with E-state index >= 15 is 0 Å². The minimum Gasteiger partial charge on any atom is -1.00 e. The van der Waals surface area contributed by atoms with Gasteiger partial charge in [0, 0.05) is 12.8 Å². The summed E-state index contributed by atoms with van der Waals surface area (Å²) in [5.41, 5.74) is 0. The van der Waals surface area contributed by atoms with Gasteiger partial charge in [0.25, 0.3) is 0 Å². The van der Waals surface area contributed by atoms with Crippen molar-refractivity contribution in [3.8, 4) is 0 Å². The quantitative estimate of drug-likeness (QED) is 0.187. The second-order valence-corrected chi connectivity index (χ2v) is 10.7. The Hall–Kier alpha value is 1.38. The van der Waals surface area contributed by atoms with Crippen LogP contribution in [-0.4, -0.2) is 127 Å². The van der Waals surface area contributed by atoms with E-state index in [1.165, 1.54) is 69.7 Å². The van der Waals surface area contributed by atoms with E-state index in [4.69, 9.17) is 0 Å². The molecule has 0 atom stereocenters. The molecule has 0 aromatic rings. The average Bonchev–Trinajstić information content (AvgIpc) is 2.50. The van der Waals surface area contributed by atoms with Gasteiger partial charge in [0.2, 0.25) is 0 Å². The third-order valence-corrected chi connectivity index (χ3v) is 5.92. The molecule has 0 rings (SSSR count). The first-order valence-corrected chi connectivity index (χ1v) is 10.9. The number of hydrogen-bond acceptors (Lipinski definition) is 0. The Kier molecular flexibility index (Phi) is 43.2. The van der Waals surface area contributed by atoms with Gasteiger partial charge in [-0.05, 0) is 27.7 Å². The Balaban J connectivity index is -0.0000000509. The molecule has 0 amide bonds. The van der Waals surface area contributed by atoms with Gasteiger partial charge < -0.3 is 76.7 Å². The van der Waals surface area contributed by atoms with E-state index in [9.17, 15) is 0 Å². The van der Waals surface area contributed by atoms with Crippen molar-refractivity contribution in [2.45, 2.75) is 55.4 Å². The van der Waals surface area contributed by atoms with Crippen LogP contribution in [0.15, 0.2) is 0 Å². The Morgan fingerprint density at radius 2 is 0.719 bits per heavy atom. The normalized spacial score (nSPS) is 10.9. The van der Waals surface area contributed by atoms with E-state index in [1.807, 2.05) is 0 Å². The topological polar surface area (TPSA) is 0 Å². The predicted octanol–water partition coefficient (Wildman–Crippen LogP) is -7.57. The van der Waals surface area contributed by atoms with Crippen molar-refractivity contribution in [1.29, 1.82) is 0 Å². The van der Waals surface area contributed by atoms with Crippen molar-refractivity contribution >= 4 is 0 Å². The van der Waals surface area contributed by atoms with Crippen LogP contribution in [0.25, 0.3) is 0 Å². The minimum absolute atomic E-state index is 0. The van der Waals surface area contributed by atoms with Crippen LogP contribution in [-0.2, 0) is 0 Å². The predicted molar refractivity (Wildman–Crippen MR) is 133 cm³/mol. The molecule has 0 N–H and O–H groups in total. The molecule has 0 aliphatic rings. The third-order valence-electron chi connectivity index (χ3n) is 5.92. The van der Waals surface area contributed by atoms with Gasteiger partial charge in [-0.3, -0.25) is 0 Å². The van der Waals surface area contributed by atoms with E-state index in [2.05, 4.69) is 84.1 Å². The zero-order valence-corrected chi connectivity index (χ0v) is 27.1. The molecular formula is C24H64Br2Cl2N4. The molecule has 0 aliphatic carbocycles. The van der Waals surface area contributed by atoms with Crippen molar-refractivity contribution in [2.24, 2.45) is 0 Å². The minimum atomic E-state index is 0. The molecule has 0 aromatic heterocycles. The summed E-state index contributed by atoms with van der Waals surface area (Å²) in [6.45, 7) is 19.5. The Morgan fingerprint density at radius 3 is 0.938 bits per heavy atom. The lowest BCUT2D eigenvalue weighted by molar-refractivity contribution is -0.929. The van der Waals surface area contributed by atoms with Crippen molar-refractivity contribution in [2.75, 3.05) is 109 Å². The van der Waals surface area contributed by atoms with Gasteiger partial charge in [0.1, 0.15) is 0 Å². The SMILES string of the molecule is C.C.CC[N+](C)(C)CCC[N+](C)(C)C.CC[N+](CC)(CC)CCC[N+](C)(C)C.[Br-].[Br-].[Cl-].[Cl-]. The number of rotatable bonds is 12. The summed E-state index contributed by atoms with van der Waals surface area (Å²) in [7, 11) is 18.2. The Morgan fingerprint density at radius 1 is 0.438 bits per heavy atom. The number of halogens is 4. The molecule has 4 nitrogen and oxygen atoms in total.